The van der Waals surface area contributed by atoms with Gasteiger partial charge < -0.3 is 45.1 Å². The molecule has 1 aliphatic rings. The van der Waals surface area contributed by atoms with Crippen LogP contribution in [0.15, 0.2) is 53.5 Å². The zero-order valence-electron chi connectivity index (χ0n) is 40.4. The monoisotopic (exact) mass is 1010 g/mol. The van der Waals surface area contributed by atoms with Crippen LogP contribution in [0.2, 0.25) is 0 Å². The number of aromatic nitrogens is 2. The second-order valence-corrected chi connectivity index (χ2v) is 20.7. The number of nitrogens with zero attached hydrogens (tertiary/aromatic N) is 2. The van der Waals surface area contributed by atoms with Crippen LogP contribution in [0, 0.1) is 5.92 Å². The van der Waals surface area contributed by atoms with E-state index in [4.69, 9.17) is 29.0 Å². The van der Waals surface area contributed by atoms with Crippen molar-refractivity contribution in [3.05, 3.63) is 59.2 Å². The molecule has 0 amide bonds. The number of aliphatic hydroxyl groups is 3. The SMILES string of the molecule is CCCCCCCC/C=C/C/C=C/C=C/C(O)CCCC(=O)OC[C@H](COP(=O)(O)OP(=O)(O)OC[C@H]1O[C@@H](n2ccc(N)nc2=O)[C@H](O)[C@@H]1O)OC(=O)CCCCCCCCCCCC(C)C. The molecule has 0 bridgehead atoms. The number of aliphatic hydroxyl groups excluding tert-OH is 3. The van der Waals surface area contributed by atoms with Gasteiger partial charge in [0.2, 0.25) is 0 Å². The fourth-order valence-electron chi connectivity index (χ4n) is 7.15. The van der Waals surface area contributed by atoms with Crippen molar-refractivity contribution in [2.24, 2.45) is 5.92 Å². The summed E-state index contributed by atoms with van der Waals surface area (Å²) in [6, 6.07) is 1.24. The Morgan fingerprint density at radius 2 is 1.44 bits per heavy atom. The number of rotatable bonds is 39. The molecule has 19 nitrogen and oxygen atoms in total. The molecule has 1 aromatic rings. The van der Waals surface area contributed by atoms with E-state index in [1.165, 1.54) is 76.7 Å². The lowest BCUT2D eigenvalue weighted by atomic mass is 10.0. The lowest BCUT2D eigenvalue weighted by Gasteiger charge is -2.21. The lowest BCUT2D eigenvalue weighted by molar-refractivity contribution is -0.161. The maximum Gasteiger partial charge on any atom is 0.481 e. The van der Waals surface area contributed by atoms with Gasteiger partial charge in [-0.3, -0.25) is 23.2 Å². The number of esters is 2. The lowest BCUT2D eigenvalue weighted by Crippen LogP contribution is -2.36. The summed E-state index contributed by atoms with van der Waals surface area (Å²) in [5.74, 6) is -0.783. The van der Waals surface area contributed by atoms with Crippen LogP contribution < -0.4 is 11.4 Å². The number of hydrogen-bond acceptors (Lipinski definition) is 16. The number of unbranched alkanes of at least 4 members (excludes halogenated alkanes) is 14. The maximum atomic E-state index is 12.8. The van der Waals surface area contributed by atoms with Crippen molar-refractivity contribution < 1.29 is 71.4 Å². The average molecular weight is 1010 g/mol. The van der Waals surface area contributed by atoms with Gasteiger partial charge in [0.15, 0.2) is 12.3 Å². The molecule has 8 atom stereocenters. The van der Waals surface area contributed by atoms with E-state index in [1.807, 2.05) is 12.2 Å². The molecule has 1 fully saturated rings. The van der Waals surface area contributed by atoms with E-state index in [0.29, 0.717) is 6.42 Å². The van der Waals surface area contributed by atoms with Crippen LogP contribution >= 0.6 is 15.6 Å². The summed E-state index contributed by atoms with van der Waals surface area (Å²) in [6.45, 7) is 4.20. The summed E-state index contributed by atoms with van der Waals surface area (Å²) in [5, 5.41) is 31.2. The van der Waals surface area contributed by atoms with Gasteiger partial charge in [0.1, 0.15) is 30.7 Å². The number of nitrogens with two attached hydrogens (primary N) is 1. The van der Waals surface area contributed by atoms with E-state index >= 15 is 0 Å². The van der Waals surface area contributed by atoms with Crippen LogP contribution in [0.5, 0.6) is 0 Å². The van der Waals surface area contributed by atoms with Gasteiger partial charge in [-0.2, -0.15) is 9.29 Å². The number of nitrogen functional groups attached to an aromatic ring is 1. The molecule has 3 unspecified atom stereocenters. The van der Waals surface area contributed by atoms with Gasteiger partial charge in [0.05, 0.1) is 19.3 Å². The number of anilines is 1. The first-order valence-electron chi connectivity index (χ1n) is 24.5. The maximum absolute atomic E-state index is 12.8. The van der Waals surface area contributed by atoms with Crippen LogP contribution in [-0.4, -0.2) is 96.9 Å². The summed E-state index contributed by atoms with van der Waals surface area (Å²) >= 11 is 0. The zero-order chi connectivity index (χ0) is 50.2. The molecule has 2 rings (SSSR count). The first-order chi connectivity index (χ1) is 32.4. The van der Waals surface area contributed by atoms with Crippen molar-refractivity contribution >= 4 is 33.4 Å². The molecule has 0 radical (unpaired) electrons. The van der Waals surface area contributed by atoms with E-state index in [1.54, 1.807) is 12.2 Å². The number of phosphoric acid groups is 2. The summed E-state index contributed by atoms with van der Waals surface area (Å²) in [7, 11) is -10.9. The first kappa shape index (κ1) is 61.1. The first-order valence-corrected chi connectivity index (χ1v) is 27.5. The van der Waals surface area contributed by atoms with Gasteiger partial charge in [-0.25, -0.2) is 13.9 Å². The van der Waals surface area contributed by atoms with Gasteiger partial charge in [0.25, 0.3) is 0 Å². The quantitative estimate of drug-likeness (QED) is 0.0119. The summed E-state index contributed by atoms with van der Waals surface area (Å²) in [4.78, 5) is 61.8. The molecule has 7 N–H and O–H groups in total. The predicted octanol–water partition coefficient (Wildman–Crippen LogP) is 8.44. The number of hydrogen-bond donors (Lipinski definition) is 6. The summed E-state index contributed by atoms with van der Waals surface area (Å²) in [5.41, 5.74) is 4.57. The zero-order valence-corrected chi connectivity index (χ0v) is 42.2. The molecule has 2 heterocycles. The fourth-order valence-corrected chi connectivity index (χ4v) is 9.26. The van der Waals surface area contributed by atoms with E-state index in [2.05, 4.69) is 42.2 Å². The second kappa shape index (κ2) is 35.1. The summed E-state index contributed by atoms with van der Waals surface area (Å²) < 4.78 is 56.5. The minimum absolute atomic E-state index is 0.0112. The Hall–Kier alpha value is -3.06. The predicted molar refractivity (Wildman–Crippen MR) is 258 cm³/mol. The average Bonchev–Trinajstić information content (AvgIpc) is 3.55. The number of carbonyl (C=O) groups excluding carboxylic acids is 2. The molecule has 0 aliphatic carbocycles. The Bertz CT molecular complexity index is 1810. The number of carbonyl (C=O) groups is 2. The minimum atomic E-state index is -5.46. The molecular weight excluding hydrogens is 924 g/mol. The molecule has 1 aliphatic heterocycles. The molecule has 390 valence electrons. The van der Waals surface area contributed by atoms with Gasteiger partial charge >= 0.3 is 33.3 Å². The van der Waals surface area contributed by atoms with E-state index in [9.17, 15) is 48.6 Å². The number of ether oxygens (including phenoxy) is 3. The standard InChI is InChI=1S/C47H81N3O16P2/c1-4-5-6-7-8-9-10-11-12-15-18-21-24-28-38(51)29-26-31-42(52)61-34-39(64-43(53)30-25-22-19-16-13-14-17-20-23-27-37(2)3)35-62-67(57,58)66-68(59,60)63-36-40-44(54)45(55)46(65-40)50-33-32-41(48)49-47(50)56/h11-12,18,21,24,28,32-33,37-40,44-46,51,54-55H,4-10,13-17,19-20,22-23,25-27,29-31,34-36H2,1-3H3,(H,57,58)(H,59,60)(H2,48,49,56)/b12-11+,21-18+,28-24+/t38?,39-,40-,44-,45-,46-/m1/s1. The van der Waals surface area contributed by atoms with Gasteiger partial charge in [-0.05, 0) is 50.5 Å². The third-order valence-electron chi connectivity index (χ3n) is 11.0. The van der Waals surface area contributed by atoms with Gasteiger partial charge in [0, 0.05) is 19.0 Å². The molecule has 1 aromatic heterocycles. The second-order valence-electron chi connectivity index (χ2n) is 17.6. The van der Waals surface area contributed by atoms with Crippen LogP contribution in [0.3, 0.4) is 0 Å². The van der Waals surface area contributed by atoms with Crippen LogP contribution in [0.4, 0.5) is 5.82 Å². The molecule has 0 spiro atoms. The highest BCUT2D eigenvalue weighted by molar-refractivity contribution is 7.61. The highest BCUT2D eigenvalue weighted by Gasteiger charge is 2.46. The van der Waals surface area contributed by atoms with E-state index in [-0.39, 0.29) is 31.5 Å². The Labute approximate surface area is 402 Å². The normalized spacial score (nSPS) is 20.3. The van der Waals surface area contributed by atoms with Crippen LogP contribution in [-0.2, 0) is 46.3 Å². The molecule has 68 heavy (non-hydrogen) atoms. The smallest absolute Gasteiger partial charge is 0.462 e. The topological polar surface area (TPSA) is 286 Å². The Kier molecular flexibility index (Phi) is 31.5. The summed E-state index contributed by atoms with van der Waals surface area (Å²) in [6.07, 6.45) is 24.3. The van der Waals surface area contributed by atoms with Gasteiger partial charge in [-0.1, -0.05) is 147 Å². The van der Waals surface area contributed by atoms with Crippen LogP contribution in [0.25, 0.3) is 0 Å². The van der Waals surface area contributed by atoms with E-state index < -0.39 is 89.8 Å². The van der Waals surface area contributed by atoms with E-state index in [0.717, 1.165) is 55.2 Å². The van der Waals surface area contributed by atoms with Crippen molar-refractivity contribution in [2.75, 3.05) is 25.6 Å². The van der Waals surface area contributed by atoms with Crippen molar-refractivity contribution in [3.8, 4) is 0 Å². The van der Waals surface area contributed by atoms with Crippen LogP contribution in [0.1, 0.15) is 168 Å². The van der Waals surface area contributed by atoms with Gasteiger partial charge in [-0.15, -0.1) is 0 Å². The Morgan fingerprint density at radius 3 is 2.12 bits per heavy atom. The third-order valence-corrected chi connectivity index (χ3v) is 13.6. The Morgan fingerprint density at radius 1 is 0.809 bits per heavy atom. The largest absolute Gasteiger partial charge is 0.481 e. The third kappa shape index (κ3) is 28.6. The van der Waals surface area contributed by atoms with Crippen molar-refractivity contribution in [2.45, 2.75) is 199 Å². The number of allylic oxidation sites excluding steroid dienone is 5. The number of phosphoric ester groups is 2. The van der Waals surface area contributed by atoms with Crippen molar-refractivity contribution in [3.63, 3.8) is 0 Å². The highest BCUT2D eigenvalue weighted by Crippen LogP contribution is 2.60. The Balaban J connectivity index is 1.86. The fraction of sp³-hybridized carbons (Fsp3) is 0.745. The highest BCUT2D eigenvalue weighted by atomic mass is 31.3. The van der Waals surface area contributed by atoms with Crippen molar-refractivity contribution in [1.29, 1.82) is 0 Å². The minimum Gasteiger partial charge on any atom is -0.462 e. The van der Waals surface area contributed by atoms with Crippen molar-refractivity contribution in [1.82, 2.24) is 9.55 Å². The molecular formula is C47H81N3O16P2. The molecule has 0 saturated carbocycles. The molecule has 0 aromatic carbocycles. The molecule has 21 heteroatoms. The molecule has 1 saturated heterocycles.